The van der Waals surface area contributed by atoms with Gasteiger partial charge in [-0.25, -0.2) is 4.79 Å². The van der Waals surface area contributed by atoms with Crippen LogP contribution in [0.15, 0.2) is 98.1 Å². The fourth-order valence-electron chi connectivity index (χ4n) is 4.42. The normalized spacial score (nSPS) is 11.4. The molecule has 0 spiro atoms. The number of methoxy groups -OCH3 is 1. The smallest absolute Gasteiger partial charge is 0.408 e. The lowest BCUT2D eigenvalue weighted by atomic mass is 10.0. The molecule has 11 nitrogen and oxygen atoms in total. The zero-order valence-corrected chi connectivity index (χ0v) is 28.6. The predicted molar refractivity (Wildman–Crippen MR) is 193 cm³/mol. The average molecular weight is 682 g/mol. The SMILES string of the molecule is C=CCCSNC(=O)c1ccccc1NC(=O)C(NC(=O)OC(C)(C)C)c1ccc(Oc2cc(OC)nc(-c3ccccc3)n2)c(C=C)c1. The van der Waals surface area contributed by atoms with Gasteiger partial charge in [0.2, 0.25) is 11.8 Å². The van der Waals surface area contributed by atoms with Gasteiger partial charge in [-0.05, 0) is 69.0 Å². The lowest BCUT2D eigenvalue weighted by Gasteiger charge is -2.24. The Balaban J connectivity index is 1.64. The first-order valence-electron chi connectivity index (χ1n) is 15.4. The minimum absolute atomic E-state index is 0.222. The van der Waals surface area contributed by atoms with Gasteiger partial charge in [0.05, 0.1) is 24.4 Å². The van der Waals surface area contributed by atoms with Crippen molar-refractivity contribution in [3.63, 3.8) is 0 Å². The van der Waals surface area contributed by atoms with Gasteiger partial charge < -0.3 is 24.8 Å². The highest BCUT2D eigenvalue weighted by atomic mass is 32.2. The standard InChI is InChI=1S/C37H39N5O6S/c1-7-9-21-49-42-34(43)27-17-13-14-18-28(27)38-35(44)32(41-36(45)48-37(3,4)5)26-19-20-29(24(8-2)22-26)47-31-23-30(46-6)39-33(40-31)25-15-11-10-12-16-25/h7-8,10-20,22-23,32H,1-2,9,21H2,3-6H3,(H,38,44)(H,41,45)(H,42,43). The molecule has 254 valence electrons. The third-order valence-corrected chi connectivity index (χ3v) is 7.43. The summed E-state index contributed by atoms with van der Waals surface area (Å²) in [6, 6.07) is 21.3. The number of para-hydroxylation sites is 1. The van der Waals surface area contributed by atoms with Crippen LogP contribution in [0.1, 0.15) is 54.7 Å². The van der Waals surface area contributed by atoms with Crippen LogP contribution in [-0.4, -0.2) is 46.3 Å². The summed E-state index contributed by atoms with van der Waals surface area (Å²) in [5.74, 6) is 0.982. The number of rotatable bonds is 14. The topological polar surface area (TPSA) is 141 Å². The molecule has 0 radical (unpaired) electrons. The number of anilines is 1. The van der Waals surface area contributed by atoms with Gasteiger partial charge in [-0.15, -0.1) is 6.58 Å². The van der Waals surface area contributed by atoms with Gasteiger partial charge >= 0.3 is 6.09 Å². The molecule has 0 saturated carbocycles. The summed E-state index contributed by atoms with van der Waals surface area (Å²) < 4.78 is 19.8. The number of carbonyl (C=O) groups is 3. The first-order chi connectivity index (χ1) is 23.5. The maximum absolute atomic E-state index is 13.9. The molecule has 3 aromatic carbocycles. The zero-order chi connectivity index (χ0) is 35.4. The number of ether oxygens (including phenoxy) is 3. The number of allylic oxidation sites excluding steroid dienone is 1. The van der Waals surface area contributed by atoms with Gasteiger partial charge in [0.15, 0.2) is 5.82 Å². The van der Waals surface area contributed by atoms with Crippen molar-refractivity contribution in [1.82, 2.24) is 20.0 Å². The Bertz CT molecular complexity index is 1810. The first-order valence-corrected chi connectivity index (χ1v) is 16.3. The number of nitrogens with zero attached hydrogens (tertiary/aromatic N) is 2. The second-order valence-corrected chi connectivity index (χ2v) is 12.4. The third kappa shape index (κ3) is 10.4. The molecule has 12 heteroatoms. The Kier molecular flexibility index (Phi) is 12.5. The van der Waals surface area contributed by atoms with E-state index in [9.17, 15) is 14.4 Å². The summed E-state index contributed by atoms with van der Waals surface area (Å²) >= 11 is 1.24. The van der Waals surface area contributed by atoms with Crippen LogP contribution in [0.4, 0.5) is 10.5 Å². The number of benzene rings is 3. The van der Waals surface area contributed by atoms with E-state index in [0.29, 0.717) is 34.3 Å². The Morgan fingerprint density at radius 3 is 2.35 bits per heavy atom. The van der Waals surface area contributed by atoms with E-state index in [1.54, 1.807) is 81.5 Å². The molecule has 0 aliphatic heterocycles. The maximum Gasteiger partial charge on any atom is 0.408 e. The van der Waals surface area contributed by atoms with Crippen molar-refractivity contribution in [2.24, 2.45) is 0 Å². The first kappa shape index (κ1) is 36.2. The minimum Gasteiger partial charge on any atom is -0.481 e. The fourth-order valence-corrected chi connectivity index (χ4v) is 5.05. The van der Waals surface area contributed by atoms with E-state index in [1.165, 1.54) is 19.1 Å². The summed E-state index contributed by atoms with van der Waals surface area (Å²) in [5.41, 5.74) is 1.39. The summed E-state index contributed by atoms with van der Waals surface area (Å²) in [6.45, 7) is 12.8. The van der Waals surface area contributed by atoms with E-state index in [2.05, 4.69) is 38.5 Å². The largest absolute Gasteiger partial charge is 0.481 e. The second kappa shape index (κ2) is 17.0. The number of amides is 3. The lowest BCUT2D eigenvalue weighted by molar-refractivity contribution is -0.118. The molecule has 3 amide bonds. The van der Waals surface area contributed by atoms with E-state index in [-0.39, 0.29) is 23.0 Å². The highest BCUT2D eigenvalue weighted by molar-refractivity contribution is 7.97. The molecule has 0 aliphatic rings. The number of carbonyl (C=O) groups excluding carboxylic acids is 3. The van der Waals surface area contributed by atoms with Crippen molar-refractivity contribution in [3.8, 4) is 28.9 Å². The van der Waals surface area contributed by atoms with Gasteiger partial charge in [-0.3, -0.25) is 14.3 Å². The fraction of sp³-hybridized carbons (Fsp3) is 0.216. The number of nitrogens with one attached hydrogen (secondary N) is 3. The van der Waals surface area contributed by atoms with Crippen LogP contribution in [0, 0.1) is 0 Å². The van der Waals surface area contributed by atoms with Gasteiger partial charge in [-0.1, -0.05) is 67.3 Å². The highest BCUT2D eigenvalue weighted by Gasteiger charge is 2.28. The van der Waals surface area contributed by atoms with Crippen LogP contribution >= 0.6 is 11.9 Å². The second-order valence-electron chi connectivity index (χ2n) is 11.5. The van der Waals surface area contributed by atoms with Crippen LogP contribution in [0.5, 0.6) is 17.5 Å². The molecule has 4 rings (SSSR count). The molecule has 3 N–H and O–H groups in total. The minimum atomic E-state index is -1.23. The number of hydrogen-bond donors (Lipinski definition) is 3. The molecule has 0 bridgehead atoms. The van der Waals surface area contributed by atoms with Gasteiger partial charge in [0, 0.05) is 16.9 Å². The van der Waals surface area contributed by atoms with Gasteiger partial charge in [0.25, 0.3) is 11.8 Å². The summed E-state index contributed by atoms with van der Waals surface area (Å²) in [5, 5.41) is 5.47. The van der Waals surface area contributed by atoms with Crippen LogP contribution in [0.2, 0.25) is 0 Å². The van der Waals surface area contributed by atoms with Crippen LogP contribution in [-0.2, 0) is 9.53 Å². The van der Waals surface area contributed by atoms with Gasteiger partial charge in [-0.2, -0.15) is 9.97 Å². The molecule has 0 saturated heterocycles. The molecule has 1 heterocycles. The van der Waals surface area contributed by atoms with Crippen molar-refractivity contribution >= 4 is 41.6 Å². The number of alkyl carbamates (subject to hydrolysis) is 1. The monoisotopic (exact) mass is 681 g/mol. The average Bonchev–Trinajstić information content (AvgIpc) is 3.09. The molecular weight excluding hydrogens is 643 g/mol. The summed E-state index contributed by atoms with van der Waals surface area (Å²) in [4.78, 5) is 48.8. The quantitative estimate of drug-likeness (QED) is 0.0692. The Labute approximate surface area is 290 Å². The third-order valence-electron chi connectivity index (χ3n) is 6.66. The van der Waals surface area contributed by atoms with Crippen LogP contribution in [0.25, 0.3) is 17.5 Å². The summed E-state index contributed by atoms with van der Waals surface area (Å²) in [7, 11) is 1.50. The molecule has 4 aromatic rings. The van der Waals surface area contributed by atoms with E-state index in [0.717, 1.165) is 12.0 Å². The van der Waals surface area contributed by atoms with Crippen molar-refractivity contribution in [3.05, 3.63) is 115 Å². The van der Waals surface area contributed by atoms with Crippen LogP contribution < -0.4 is 24.8 Å². The number of aromatic nitrogens is 2. The summed E-state index contributed by atoms with van der Waals surface area (Å²) in [6.07, 6.45) is 3.23. The van der Waals surface area contributed by atoms with Crippen molar-refractivity contribution in [1.29, 1.82) is 0 Å². The van der Waals surface area contributed by atoms with E-state index in [1.807, 2.05) is 30.3 Å². The molecule has 0 aliphatic carbocycles. The lowest BCUT2D eigenvalue weighted by Crippen LogP contribution is -2.40. The van der Waals surface area contributed by atoms with E-state index >= 15 is 0 Å². The highest BCUT2D eigenvalue weighted by Crippen LogP contribution is 2.32. The molecule has 1 unspecified atom stereocenters. The van der Waals surface area contributed by atoms with Gasteiger partial charge in [0.1, 0.15) is 17.4 Å². The molecular formula is C37H39N5O6S. The van der Waals surface area contributed by atoms with E-state index in [4.69, 9.17) is 14.2 Å². The molecule has 1 aromatic heterocycles. The Morgan fingerprint density at radius 2 is 1.65 bits per heavy atom. The zero-order valence-electron chi connectivity index (χ0n) is 27.8. The molecule has 0 fully saturated rings. The maximum atomic E-state index is 13.9. The Morgan fingerprint density at radius 1 is 0.939 bits per heavy atom. The number of hydrogen-bond acceptors (Lipinski definition) is 9. The molecule has 49 heavy (non-hydrogen) atoms. The Hall–Kier alpha value is -5.62. The van der Waals surface area contributed by atoms with Crippen molar-refractivity contribution in [2.75, 3.05) is 18.2 Å². The van der Waals surface area contributed by atoms with Crippen molar-refractivity contribution < 1.29 is 28.6 Å². The predicted octanol–water partition coefficient (Wildman–Crippen LogP) is 7.75. The van der Waals surface area contributed by atoms with Crippen LogP contribution in [0.3, 0.4) is 0 Å². The molecule has 1 atom stereocenters. The van der Waals surface area contributed by atoms with Crippen molar-refractivity contribution in [2.45, 2.75) is 38.8 Å². The van der Waals surface area contributed by atoms with E-state index < -0.39 is 23.6 Å².